The van der Waals surface area contributed by atoms with Crippen LogP contribution < -0.4 is 16.0 Å². The van der Waals surface area contributed by atoms with Gasteiger partial charge >= 0.3 is 6.18 Å². The predicted molar refractivity (Wildman–Crippen MR) is 127 cm³/mol. The molecule has 8 nitrogen and oxygen atoms in total. The molecular formula is C20H29F3IN7O. The largest absolute Gasteiger partial charge is 0.468 e. The van der Waals surface area contributed by atoms with Gasteiger partial charge in [0.1, 0.15) is 11.5 Å². The molecule has 1 saturated heterocycles. The normalized spacial score (nSPS) is 15.8. The number of rotatable bonds is 9. The summed E-state index contributed by atoms with van der Waals surface area (Å²) in [4.78, 5) is 14.4. The number of hydrogen-bond acceptors (Lipinski definition) is 6. The van der Waals surface area contributed by atoms with E-state index in [0.29, 0.717) is 32.1 Å². The molecule has 1 atom stereocenters. The standard InChI is InChI=1S/C20H28F3N7O.HI/c1-2-24-18(26-9-10-27-19-25-8-7-17(29-19)20(21,22)23)28-14-15(16-6-5-13-31-16)30-11-3-4-12-30;/h5-8,13,15H,2-4,9-12,14H2,1H3,(H2,24,26,28)(H,25,27,29);1H. The monoisotopic (exact) mass is 567 g/mol. The van der Waals surface area contributed by atoms with Crippen LogP contribution in [0.3, 0.4) is 0 Å². The van der Waals surface area contributed by atoms with Gasteiger partial charge in [0.2, 0.25) is 5.95 Å². The van der Waals surface area contributed by atoms with Gasteiger partial charge in [0.15, 0.2) is 5.96 Å². The van der Waals surface area contributed by atoms with Gasteiger partial charge in [0, 0.05) is 25.8 Å². The number of alkyl halides is 3. The van der Waals surface area contributed by atoms with Crippen molar-refractivity contribution in [1.29, 1.82) is 0 Å². The van der Waals surface area contributed by atoms with Gasteiger partial charge in [-0.1, -0.05) is 0 Å². The fraction of sp³-hybridized carbons (Fsp3) is 0.550. The van der Waals surface area contributed by atoms with Crippen LogP contribution in [0.4, 0.5) is 19.1 Å². The Morgan fingerprint density at radius 3 is 2.66 bits per heavy atom. The van der Waals surface area contributed by atoms with Crippen LogP contribution in [0.2, 0.25) is 0 Å². The molecule has 1 aliphatic heterocycles. The zero-order valence-corrected chi connectivity index (χ0v) is 20.2. The van der Waals surface area contributed by atoms with Crippen molar-refractivity contribution in [1.82, 2.24) is 25.5 Å². The topological polar surface area (TPSA) is 90.6 Å². The summed E-state index contributed by atoms with van der Waals surface area (Å²) in [6.45, 7) is 5.99. The summed E-state index contributed by atoms with van der Waals surface area (Å²) in [5, 5.41) is 9.16. The lowest BCUT2D eigenvalue weighted by Gasteiger charge is -2.24. The average Bonchev–Trinajstić information content (AvgIpc) is 3.46. The molecule has 32 heavy (non-hydrogen) atoms. The lowest BCUT2D eigenvalue weighted by atomic mass is 10.2. The molecule has 3 heterocycles. The number of anilines is 1. The first kappa shape index (κ1) is 26.2. The minimum Gasteiger partial charge on any atom is -0.468 e. The molecule has 1 fully saturated rings. The van der Waals surface area contributed by atoms with Crippen LogP contribution in [-0.2, 0) is 6.18 Å². The Kier molecular flexibility index (Phi) is 10.5. The van der Waals surface area contributed by atoms with Crippen LogP contribution in [0, 0.1) is 0 Å². The molecule has 0 aromatic carbocycles. The second kappa shape index (κ2) is 12.8. The molecule has 1 aliphatic rings. The number of nitrogens with zero attached hydrogens (tertiary/aromatic N) is 4. The number of halogens is 4. The Bertz CT molecular complexity index is 827. The second-order valence-electron chi connectivity index (χ2n) is 7.11. The molecule has 0 spiro atoms. The highest BCUT2D eigenvalue weighted by molar-refractivity contribution is 14.0. The zero-order chi connectivity index (χ0) is 22.1. The molecule has 178 valence electrons. The van der Waals surface area contributed by atoms with Gasteiger partial charge in [0.25, 0.3) is 0 Å². The van der Waals surface area contributed by atoms with Crippen molar-refractivity contribution in [2.45, 2.75) is 32.0 Å². The highest BCUT2D eigenvalue weighted by Crippen LogP contribution is 2.27. The highest BCUT2D eigenvalue weighted by atomic mass is 127. The molecule has 12 heteroatoms. The average molecular weight is 567 g/mol. The van der Waals surface area contributed by atoms with Crippen LogP contribution in [0.1, 0.15) is 37.3 Å². The fourth-order valence-corrected chi connectivity index (χ4v) is 3.40. The Morgan fingerprint density at radius 1 is 1.22 bits per heavy atom. The Morgan fingerprint density at radius 2 is 2.00 bits per heavy atom. The molecule has 3 N–H and O–H groups in total. The third-order valence-corrected chi connectivity index (χ3v) is 4.87. The van der Waals surface area contributed by atoms with Gasteiger partial charge in [-0.25, -0.2) is 9.97 Å². The molecule has 2 aromatic rings. The maximum Gasteiger partial charge on any atom is 0.433 e. The molecule has 0 aliphatic carbocycles. The lowest BCUT2D eigenvalue weighted by Crippen LogP contribution is -2.40. The van der Waals surface area contributed by atoms with Gasteiger partial charge in [-0.2, -0.15) is 13.2 Å². The van der Waals surface area contributed by atoms with Crippen LogP contribution >= 0.6 is 24.0 Å². The number of aromatic nitrogens is 2. The summed E-state index contributed by atoms with van der Waals surface area (Å²) >= 11 is 0. The molecule has 0 amide bonds. The van der Waals surface area contributed by atoms with Crippen molar-refractivity contribution < 1.29 is 17.6 Å². The first-order valence-electron chi connectivity index (χ1n) is 10.4. The van der Waals surface area contributed by atoms with E-state index >= 15 is 0 Å². The van der Waals surface area contributed by atoms with Crippen molar-refractivity contribution in [2.24, 2.45) is 4.99 Å². The summed E-state index contributed by atoms with van der Waals surface area (Å²) < 4.78 is 43.9. The van der Waals surface area contributed by atoms with Crippen molar-refractivity contribution in [2.75, 3.05) is 44.6 Å². The molecule has 2 aromatic heterocycles. The quantitative estimate of drug-likeness (QED) is 0.185. The van der Waals surface area contributed by atoms with E-state index in [0.717, 1.165) is 31.1 Å². The molecule has 0 bridgehead atoms. The maximum absolute atomic E-state index is 12.7. The minimum atomic E-state index is -4.50. The maximum atomic E-state index is 12.7. The van der Waals surface area contributed by atoms with Gasteiger partial charge < -0.3 is 20.4 Å². The van der Waals surface area contributed by atoms with Crippen molar-refractivity contribution in [3.05, 3.63) is 42.1 Å². The molecule has 3 rings (SSSR count). The van der Waals surface area contributed by atoms with Crippen molar-refractivity contribution in [3.63, 3.8) is 0 Å². The van der Waals surface area contributed by atoms with Gasteiger partial charge in [-0.3, -0.25) is 9.89 Å². The fourth-order valence-electron chi connectivity index (χ4n) is 3.40. The number of hydrogen-bond donors (Lipinski definition) is 3. The lowest BCUT2D eigenvalue weighted by molar-refractivity contribution is -0.141. The summed E-state index contributed by atoms with van der Waals surface area (Å²) in [5.74, 6) is 1.46. The molecular weight excluding hydrogens is 538 g/mol. The van der Waals surface area contributed by atoms with Crippen LogP contribution in [-0.4, -0.2) is 60.1 Å². The van der Waals surface area contributed by atoms with E-state index in [-0.39, 0.29) is 36.0 Å². The SMILES string of the molecule is CCNC(=NCC(c1ccco1)N1CCCC1)NCCNc1nccc(C(F)(F)F)n1.I. The Hall–Kier alpha value is -2.09. The number of guanidine groups is 1. The number of likely N-dealkylation sites (tertiary alicyclic amines) is 1. The zero-order valence-electron chi connectivity index (χ0n) is 17.9. The third kappa shape index (κ3) is 7.80. The smallest absolute Gasteiger partial charge is 0.433 e. The number of nitrogens with one attached hydrogen (secondary N) is 3. The highest BCUT2D eigenvalue weighted by Gasteiger charge is 2.32. The van der Waals surface area contributed by atoms with E-state index < -0.39 is 11.9 Å². The van der Waals surface area contributed by atoms with E-state index in [9.17, 15) is 13.2 Å². The van der Waals surface area contributed by atoms with Crippen LogP contribution in [0.15, 0.2) is 40.1 Å². The third-order valence-electron chi connectivity index (χ3n) is 4.87. The molecule has 0 radical (unpaired) electrons. The van der Waals surface area contributed by atoms with Crippen LogP contribution in [0.25, 0.3) is 0 Å². The first-order valence-corrected chi connectivity index (χ1v) is 10.4. The van der Waals surface area contributed by atoms with Crippen molar-refractivity contribution in [3.8, 4) is 0 Å². The van der Waals surface area contributed by atoms with E-state index in [1.54, 1.807) is 6.26 Å². The summed E-state index contributed by atoms with van der Waals surface area (Å²) in [6.07, 6.45) is 0.602. The van der Waals surface area contributed by atoms with Gasteiger partial charge in [-0.05, 0) is 51.1 Å². The number of aliphatic imine (C=N–C) groups is 1. The van der Waals surface area contributed by atoms with E-state index in [4.69, 9.17) is 9.41 Å². The van der Waals surface area contributed by atoms with Gasteiger partial charge in [-0.15, -0.1) is 24.0 Å². The van der Waals surface area contributed by atoms with Crippen molar-refractivity contribution >= 4 is 35.9 Å². The second-order valence-corrected chi connectivity index (χ2v) is 7.11. The Labute approximate surface area is 202 Å². The number of furan rings is 1. The van der Waals surface area contributed by atoms with E-state index in [2.05, 4.69) is 30.8 Å². The summed E-state index contributed by atoms with van der Waals surface area (Å²) in [7, 11) is 0. The molecule has 0 saturated carbocycles. The summed E-state index contributed by atoms with van der Waals surface area (Å²) in [6, 6.07) is 4.77. The van der Waals surface area contributed by atoms with E-state index in [1.165, 1.54) is 12.8 Å². The summed E-state index contributed by atoms with van der Waals surface area (Å²) in [5.41, 5.74) is -0.973. The van der Waals surface area contributed by atoms with Crippen LogP contribution in [0.5, 0.6) is 0 Å². The van der Waals surface area contributed by atoms with Gasteiger partial charge in [0.05, 0.1) is 18.8 Å². The first-order chi connectivity index (χ1) is 15.0. The Balaban J connectivity index is 0.00000363. The molecule has 1 unspecified atom stereocenters. The van der Waals surface area contributed by atoms with E-state index in [1.807, 2.05) is 19.1 Å². The predicted octanol–water partition coefficient (Wildman–Crippen LogP) is 3.51. The minimum absolute atomic E-state index is 0.